The first-order chi connectivity index (χ1) is 8.90. The highest BCUT2D eigenvalue weighted by atomic mass is 79.9. The van der Waals surface area contributed by atoms with Crippen LogP contribution < -0.4 is 4.72 Å². The Kier molecular flexibility index (Phi) is 4.86. The highest BCUT2D eigenvalue weighted by molar-refractivity contribution is 9.10. The summed E-state index contributed by atoms with van der Waals surface area (Å²) in [5.74, 6) is 0.258. The molecule has 0 saturated carbocycles. The van der Waals surface area contributed by atoms with E-state index in [2.05, 4.69) is 20.7 Å². The van der Waals surface area contributed by atoms with Crippen LogP contribution in [0.5, 0.6) is 0 Å². The zero-order valence-corrected chi connectivity index (χ0v) is 13.0. The molecule has 0 bridgehead atoms. The Morgan fingerprint density at radius 2 is 2.16 bits per heavy atom. The summed E-state index contributed by atoms with van der Waals surface area (Å²) in [5.41, 5.74) is 0. The van der Waals surface area contributed by atoms with Crippen molar-refractivity contribution in [1.82, 2.24) is 4.72 Å². The van der Waals surface area contributed by atoms with Crippen molar-refractivity contribution >= 4 is 37.7 Å². The molecule has 1 unspecified atom stereocenters. The van der Waals surface area contributed by atoms with Crippen LogP contribution in [0, 0.1) is 17.6 Å². The first kappa shape index (κ1) is 15.2. The van der Waals surface area contributed by atoms with E-state index in [1.54, 1.807) is 11.8 Å². The second kappa shape index (κ2) is 6.07. The molecule has 1 atom stereocenters. The van der Waals surface area contributed by atoms with E-state index < -0.39 is 26.6 Å². The van der Waals surface area contributed by atoms with Crippen LogP contribution in [-0.2, 0) is 10.0 Å². The number of sulfonamides is 1. The maximum atomic E-state index is 13.6. The average Bonchev–Trinajstić information content (AvgIpc) is 2.77. The molecule has 0 amide bonds. The van der Waals surface area contributed by atoms with Crippen LogP contribution in [0.25, 0.3) is 0 Å². The van der Waals surface area contributed by atoms with Crippen molar-refractivity contribution in [1.29, 1.82) is 0 Å². The minimum Gasteiger partial charge on any atom is -0.211 e. The predicted octanol–water partition coefficient (Wildman–Crippen LogP) is 2.76. The number of benzene rings is 1. The molecule has 1 aliphatic heterocycles. The van der Waals surface area contributed by atoms with Gasteiger partial charge in [0.2, 0.25) is 10.0 Å². The molecule has 106 valence electrons. The summed E-state index contributed by atoms with van der Waals surface area (Å²) in [6.45, 7) is 0.276. The van der Waals surface area contributed by atoms with Gasteiger partial charge in [0, 0.05) is 17.1 Å². The lowest BCUT2D eigenvalue weighted by Gasteiger charge is -2.12. The number of rotatable bonds is 4. The third-order valence-electron chi connectivity index (χ3n) is 2.82. The number of hydrogen-bond acceptors (Lipinski definition) is 3. The Labute approximate surface area is 123 Å². The van der Waals surface area contributed by atoms with E-state index in [1.807, 2.05) is 0 Å². The van der Waals surface area contributed by atoms with Gasteiger partial charge in [-0.2, -0.15) is 11.8 Å². The van der Waals surface area contributed by atoms with Crippen LogP contribution in [0.4, 0.5) is 8.78 Å². The number of nitrogens with one attached hydrogen (secondary N) is 1. The Hall–Kier alpha value is -0.180. The van der Waals surface area contributed by atoms with E-state index in [9.17, 15) is 17.2 Å². The van der Waals surface area contributed by atoms with Crippen molar-refractivity contribution in [2.45, 2.75) is 11.3 Å². The van der Waals surface area contributed by atoms with Crippen LogP contribution in [0.2, 0.25) is 0 Å². The Bertz CT molecular complexity index is 551. The van der Waals surface area contributed by atoms with Crippen molar-refractivity contribution in [2.24, 2.45) is 5.92 Å². The highest BCUT2D eigenvalue weighted by Gasteiger charge is 2.25. The van der Waals surface area contributed by atoms with Gasteiger partial charge < -0.3 is 0 Å². The van der Waals surface area contributed by atoms with E-state index in [-0.39, 0.29) is 16.9 Å². The molecule has 0 radical (unpaired) electrons. The van der Waals surface area contributed by atoms with Gasteiger partial charge in [-0.3, -0.25) is 0 Å². The van der Waals surface area contributed by atoms with Crippen molar-refractivity contribution in [3.8, 4) is 0 Å². The molecule has 0 aromatic heterocycles. The van der Waals surface area contributed by atoms with Gasteiger partial charge in [0.1, 0.15) is 16.5 Å². The van der Waals surface area contributed by atoms with E-state index >= 15 is 0 Å². The van der Waals surface area contributed by atoms with Gasteiger partial charge in [-0.1, -0.05) is 0 Å². The third kappa shape index (κ3) is 3.68. The van der Waals surface area contributed by atoms with Gasteiger partial charge in [0.05, 0.1) is 0 Å². The van der Waals surface area contributed by atoms with Gasteiger partial charge in [-0.25, -0.2) is 21.9 Å². The number of halogens is 3. The molecule has 0 spiro atoms. The summed E-state index contributed by atoms with van der Waals surface area (Å²) < 4.78 is 52.9. The maximum Gasteiger partial charge on any atom is 0.244 e. The number of hydrogen-bond donors (Lipinski definition) is 1. The molecule has 1 fully saturated rings. The standard InChI is InChI=1S/C11H12BrF2NO2S2/c12-9-3-8(13)4-10(14)11(9)19(16,17)15-5-7-1-2-18-6-7/h3-4,7,15H,1-2,5-6H2. The minimum atomic E-state index is -3.97. The molecule has 2 rings (SSSR count). The molecule has 0 aliphatic carbocycles. The van der Waals surface area contributed by atoms with E-state index in [1.165, 1.54) is 0 Å². The first-order valence-corrected chi connectivity index (χ1v) is 9.05. The average molecular weight is 372 g/mol. The molecule has 1 saturated heterocycles. The first-order valence-electron chi connectivity index (χ1n) is 5.62. The van der Waals surface area contributed by atoms with Gasteiger partial charge in [0.15, 0.2) is 0 Å². The van der Waals surface area contributed by atoms with Crippen LogP contribution >= 0.6 is 27.7 Å². The minimum absolute atomic E-state index is 0.113. The summed E-state index contributed by atoms with van der Waals surface area (Å²) in [6.07, 6.45) is 0.945. The molecule has 8 heteroatoms. The second-order valence-corrected chi connectivity index (χ2v) is 7.99. The van der Waals surface area contributed by atoms with Crippen LogP contribution in [0.3, 0.4) is 0 Å². The molecule has 3 nitrogen and oxygen atoms in total. The lowest BCUT2D eigenvalue weighted by Crippen LogP contribution is -2.30. The van der Waals surface area contributed by atoms with Crippen molar-refractivity contribution < 1.29 is 17.2 Å². The lowest BCUT2D eigenvalue weighted by atomic mass is 10.1. The van der Waals surface area contributed by atoms with Gasteiger partial charge in [0.25, 0.3) is 0 Å². The van der Waals surface area contributed by atoms with Gasteiger partial charge >= 0.3 is 0 Å². The largest absolute Gasteiger partial charge is 0.244 e. The SMILES string of the molecule is O=S(=O)(NCC1CCSC1)c1c(F)cc(F)cc1Br. The fraction of sp³-hybridized carbons (Fsp3) is 0.455. The smallest absolute Gasteiger partial charge is 0.211 e. The molecule has 1 N–H and O–H groups in total. The molecule has 1 heterocycles. The van der Waals surface area contributed by atoms with Crippen molar-refractivity contribution in [2.75, 3.05) is 18.1 Å². The van der Waals surface area contributed by atoms with Crippen LogP contribution in [-0.4, -0.2) is 26.5 Å². The fourth-order valence-corrected chi connectivity index (χ4v) is 5.39. The van der Waals surface area contributed by atoms with Crippen LogP contribution in [0.1, 0.15) is 6.42 Å². The van der Waals surface area contributed by atoms with E-state index in [4.69, 9.17) is 0 Å². The Morgan fingerprint density at radius 3 is 2.74 bits per heavy atom. The molecule has 1 aromatic carbocycles. The summed E-state index contributed by atoms with van der Waals surface area (Å²) >= 11 is 4.65. The second-order valence-electron chi connectivity index (χ2n) is 4.28. The summed E-state index contributed by atoms with van der Waals surface area (Å²) in [5, 5.41) is 0. The van der Waals surface area contributed by atoms with E-state index in [0.717, 1.165) is 24.0 Å². The molecule has 19 heavy (non-hydrogen) atoms. The molecule has 1 aromatic rings. The van der Waals surface area contributed by atoms with Gasteiger partial charge in [-0.05, 0) is 45.8 Å². The third-order valence-corrected chi connectivity index (χ3v) is 6.44. The van der Waals surface area contributed by atoms with E-state index in [0.29, 0.717) is 6.07 Å². The van der Waals surface area contributed by atoms with Crippen LogP contribution in [0.15, 0.2) is 21.5 Å². The van der Waals surface area contributed by atoms with Crippen molar-refractivity contribution in [3.63, 3.8) is 0 Å². The monoisotopic (exact) mass is 371 g/mol. The summed E-state index contributed by atoms with van der Waals surface area (Å²) in [4.78, 5) is -0.542. The summed E-state index contributed by atoms with van der Waals surface area (Å²) in [7, 11) is -3.97. The maximum absolute atomic E-state index is 13.6. The zero-order valence-electron chi connectivity index (χ0n) is 9.83. The lowest BCUT2D eigenvalue weighted by molar-refractivity contribution is 0.526. The van der Waals surface area contributed by atoms with Gasteiger partial charge in [-0.15, -0.1) is 0 Å². The normalized spacial score (nSPS) is 19.8. The Balaban J connectivity index is 2.19. The molecular weight excluding hydrogens is 360 g/mol. The number of thioether (sulfide) groups is 1. The Morgan fingerprint density at radius 1 is 1.42 bits per heavy atom. The molecular formula is C11H12BrF2NO2S2. The van der Waals surface area contributed by atoms with Crippen molar-refractivity contribution in [3.05, 3.63) is 28.2 Å². The highest BCUT2D eigenvalue weighted by Crippen LogP contribution is 2.27. The quantitative estimate of drug-likeness (QED) is 0.884. The predicted molar refractivity (Wildman–Crippen MR) is 74.7 cm³/mol. The zero-order chi connectivity index (χ0) is 14.0. The topological polar surface area (TPSA) is 46.2 Å². The molecule has 1 aliphatic rings. The summed E-state index contributed by atoms with van der Waals surface area (Å²) in [6, 6.07) is 1.49. The fourth-order valence-electron chi connectivity index (χ4n) is 1.83.